The molecule has 1 aliphatic rings. The Morgan fingerprint density at radius 3 is 2.31 bits per heavy atom. The van der Waals surface area contributed by atoms with Crippen LogP contribution in [0.3, 0.4) is 0 Å². The van der Waals surface area contributed by atoms with Crippen LogP contribution in [0.25, 0.3) is 6.08 Å². The third kappa shape index (κ3) is 4.87. The Bertz CT molecular complexity index is 1100. The van der Waals surface area contributed by atoms with Gasteiger partial charge in [0.25, 0.3) is 11.8 Å². The molecule has 4 amide bonds. The van der Waals surface area contributed by atoms with Crippen LogP contribution < -0.4 is 24.4 Å². The number of nitrogens with zero attached hydrogens (tertiary/aromatic N) is 2. The van der Waals surface area contributed by atoms with Crippen LogP contribution in [-0.2, 0) is 9.59 Å². The van der Waals surface area contributed by atoms with Crippen LogP contribution >= 0.6 is 0 Å². The van der Waals surface area contributed by atoms with Crippen molar-refractivity contribution in [3.05, 3.63) is 53.6 Å². The van der Waals surface area contributed by atoms with E-state index in [4.69, 9.17) is 19.5 Å². The number of imide groups is 2. The summed E-state index contributed by atoms with van der Waals surface area (Å²) in [6, 6.07) is 12.2. The molecule has 0 radical (unpaired) electrons. The normalized spacial score (nSPS) is 14.7. The summed E-state index contributed by atoms with van der Waals surface area (Å²) in [6.07, 6.45) is 1.37. The molecular formula is C23H21N3O6. The number of carbonyl (C=O) groups excluding carboxylic acids is 3. The molecule has 0 aliphatic carbocycles. The average Bonchev–Trinajstić information content (AvgIpc) is 2.78. The van der Waals surface area contributed by atoms with Crippen LogP contribution in [0.1, 0.15) is 19.4 Å². The van der Waals surface area contributed by atoms with Crippen molar-refractivity contribution in [1.29, 1.82) is 5.26 Å². The maximum atomic E-state index is 13.2. The van der Waals surface area contributed by atoms with E-state index in [1.807, 2.05) is 13.0 Å². The highest BCUT2D eigenvalue weighted by Gasteiger charge is 2.38. The zero-order valence-corrected chi connectivity index (χ0v) is 17.6. The summed E-state index contributed by atoms with van der Waals surface area (Å²) >= 11 is 0. The predicted octanol–water partition coefficient (Wildman–Crippen LogP) is 3.05. The van der Waals surface area contributed by atoms with Crippen LogP contribution in [0.2, 0.25) is 0 Å². The van der Waals surface area contributed by atoms with Gasteiger partial charge in [0.15, 0.2) is 6.61 Å². The number of nitrogens with one attached hydrogen (secondary N) is 1. The molecule has 0 atom stereocenters. The van der Waals surface area contributed by atoms with Gasteiger partial charge in [0.05, 0.1) is 18.9 Å². The summed E-state index contributed by atoms with van der Waals surface area (Å²) in [5.41, 5.74) is 0.480. The third-order valence-electron chi connectivity index (χ3n) is 4.38. The fourth-order valence-electron chi connectivity index (χ4n) is 3.02. The van der Waals surface area contributed by atoms with Crippen molar-refractivity contribution in [2.45, 2.75) is 13.8 Å². The zero-order chi connectivity index (χ0) is 23.1. The van der Waals surface area contributed by atoms with Crippen LogP contribution in [0.4, 0.5) is 10.5 Å². The zero-order valence-electron chi connectivity index (χ0n) is 17.6. The largest absolute Gasteiger partial charge is 0.494 e. The van der Waals surface area contributed by atoms with Gasteiger partial charge in [-0.25, -0.2) is 9.69 Å². The molecule has 1 fully saturated rings. The van der Waals surface area contributed by atoms with Gasteiger partial charge in [0, 0.05) is 6.07 Å². The molecule has 9 nitrogen and oxygen atoms in total. The van der Waals surface area contributed by atoms with Crippen molar-refractivity contribution >= 4 is 29.6 Å². The number of rotatable bonds is 8. The summed E-state index contributed by atoms with van der Waals surface area (Å²) in [4.78, 5) is 39.1. The van der Waals surface area contributed by atoms with E-state index in [1.54, 1.807) is 43.3 Å². The molecule has 0 unspecified atom stereocenters. The average molecular weight is 435 g/mol. The van der Waals surface area contributed by atoms with Gasteiger partial charge in [0.1, 0.15) is 28.9 Å². The van der Waals surface area contributed by atoms with Crippen LogP contribution in [0.5, 0.6) is 17.2 Å². The van der Waals surface area contributed by atoms with Gasteiger partial charge in [-0.3, -0.25) is 14.9 Å². The first-order valence-corrected chi connectivity index (χ1v) is 9.89. The molecule has 0 saturated carbocycles. The maximum Gasteiger partial charge on any atom is 0.336 e. The predicted molar refractivity (Wildman–Crippen MR) is 115 cm³/mol. The van der Waals surface area contributed by atoms with E-state index in [9.17, 15) is 14.4 Å². The third-order valence-corrected chi connectivity index (χ3v) is 4.38. The van der Waals surface area contributed by atoms with E-state index in [-0.39, 0.29) is 17.9 Å². The fourth-order valence-corrected chi connectivity index (χ4v) is 3.02. The van der Waals surface area contributed by atoms with Crippen molar-refractivity contribution < 1.29 is 28.6 Å². The number of amides is 4. The Morgan fingerprint density at radius 1 is 0.969 bits per heavy atom. The number of urea groups is 1. The van der Waals surface area contributed by atoms with Gasteiger partial charge in [0.2, 0.25) is 0 Å². The quantitative estimate of drug-likeness (QED) is 0.500. The molecule has 1 saturated heterocycles. The number of barbiturate groups is 1. The molecule has 9 heteroatoms. The topological polar surface area (TPSA) is 118 Å². The van der Waals surface area contributed by atoms with Gasteiger partial charge in [-0.2, -0.15) is 5.26 Å². The Kier molecular flexibility index (Phi) is 7.08. The SMILES string of the molecule is CCOc1ccc(OCC)c(N2C(=O)NC(=O)C(=Cc3ccc(OCC#N)cc3)C2=O)c1. The molecule has 2 aromatic rings. The lowest BCUT2D eigenvalue weighted by Gasteiger charge is -2.28. The summed E-state index contributed by atoms with van der Waals surface area (Å²) in [7, 11) is 0. The lowest BCUT2D eigenvalue weighted by Crippen LogP contribution is -2.54. The second-order valence-corrected chi connectivity index (χ2v) is 6.47. The number of nitriles is 1. The van der Waals surface area contributed by atoms with Crippen LogP contribution in [0.15, 0.2) is 48.0 Å². The van der Waals surface area contributed by atoms with E-state index in [2.05, 4.69) is 5.32 Å². The smallest absolute Gasteiger partial charge is 0.336 e. The molecule has 2 aromatic carbocycles. The lowest BCUT2D eigenvalue weighted by atomic mass is 10.1. The van der Waals surface area contributed by atoms with Gasteiger partial charge in [-0.15, -0.1) is 0 Å². The first-order valence-electron chi connectivity index (χ1n) is 9.89. The fraction of sp³-hybridized carbons (Fsp3) is 0.217. The first kappa shape index (κ1) is 22.4. The number of hydrogen-bond acceptors (Lipinski definition) is 7. The highest BCUT2D eigenvalue weighted by Crippen LogP contribution is 2.35. The highest BCUT2D eigenvalue weighted by molar-refractivity contribution is 6.39. The Hall–Kier alpha value is -4.32. The van der Waals surface area contributed by atoms with Crippen molar-refractivity contribution in [2.75, 3.05) is 24.7 Å². The van der Waals surface area contributed by atoms with Gasteiger partial charge < -0.3 is 14.2 Å². The Morgan fingerprint density at radius 2 is 1.66 bits per heavy atom. The molecule has 1 heterocycles. The van der Waals surface area contributed by atoms with Crippen LogP contribution in [0, 0.1) is 11.3 Å². The minimum atomic E-state index is -0.882. The van der Waals surface area contributed by atoms with Crippen molar-refractivity contribution in [2.24, 2.45) is 0 Å². The molecule has 32 heavy (non-hydrogen) atoms. The molecule has 0 aromatic heterocycles. The number of anilines is 1. The van der Waals surface area contributed by atoms with Crippen LogP contribution in [-0.4, -0.2) is 37.7 Å². The molecule has 3 rings (SSSR count). The molecule has 1 N–H and O–H groups in total. The number of hydrogen-bond donors (Lipinski definition) is 1. The van der Waals surface area contributed by atoms with Gasteiger partial charge >= 0.3 is 6.03 Å². The summed E-state index contributed by atoms with van der Waals surface area (Å²) in [5, 5.41) is 10.8. The molecule has 0 spiro atoms. The van der Waals surface area contributed by atoms with E-state index in [1.165, 1.54) is 12.1 Å². The second-order valence-electron chi connectivity index (χ2n) is 6.47. The standard InChI is InChI=1S/C23H21N3O6/c1-3-30-17-9-10-20(31-4-2)19(14-17)26-22(28)18(21(27)25-23(26)29)13-15-5-7-16(8-6-15)32-12-11-24/h5-10,13-14H,3-4,12H2,1-2H3,(H,25,27,29). The van der Waals surface area contributed by atoms with E-state index >= 15 is 0 Å². The molecule has 1 aliphatic heterocycles. The van der Waals surface area contributed by atoms with Crippen molar-refractivity contribution in [1.82, 2.24) is 5.32 Å². The lowest BCUT2D eigenvalue weighted by molar-refractivity contribution is -0.122. The number of ether oxygens (including phenoxy) is 3. The van der Waals surface area contributed by atoms with Crippen molar-refractivity contribution in [3.8, 4) is 23.3 Å². The van der Waals surface area contributed by atoms with E-state index in [0.717, 1.165) is 4.90 Å². The highest BCUT2D eigenvalue weighted by atomic mass is 16.5. The van der Waals surface area contributed by atoms with Crippen molar-refractivity contribution in [3.63, 3.8) is 0 Å². The summed E-state index contributed by atoms with van der Waals surface area (Å²) in [6.45, 7) is 4.20. The van der Waals surface area contributed by atoms with E-state index < -0.39 is 17.8 Å². The Balaban J connectivity index is 1.97. The molecular weight excluding hydrogens is 414 g/mol. The monoisotopic (exact) mass is 435 g/mol. The molecule has 164 valence electrons. The summed E-state index contributed by atoms with van der Waals surface area (Å²) < 4.78 is 16.3. The molecule has 0 bridgehead atoms. The van der Waals surface area contributed by atoms with E-state index in [0.29, 0.717) is 36.0 Å². The van der Waals surface area contributed by atoms with Gasteiger partial charge in [-0.1, -0.05) is 12.1 Å². The van der Waals surface area contributed by atoms with Gasteiger partial charge in [-0.05, 0) is 49.8 Å². The minimum Gasteiger partial charge on any atom is -0.494 e. The maximum absolute atomic E-state index is 13.2. The Labute approximate surface area is 184 Å². The minimum absolute atomic E-state index is 0.0959. The first-order chi connectivity index (χ1) is 15.5. The summed E-state index contributed by atoms with van der Waals surface area (Å²) in [5.74, 6) is -0.383. The number of benzene rings is 2. The second kappa shape index (κ2) is 10.1. The number of carbonyl (C=O) groups is 3.